The van der Waals surface area contributed by atoms with Gasteiger partial charge in [0.2, 0.25) is 0 Å². The first-order chi connectivity index (χ1) is 18.9. The lowest BCUT2D eigenvalue weighted by Crippen LogP contribution is -2.45. The molecule has 0 aromatic heterocycles. The first kappa shape index (κ1) is 31.5. The summed E-state index contributed by atoms with van der Waals surface area (Å²) < 4.78 is 28.0. The average molecular weight is 563 g/mol. The number of rotatable bonds is 9. The monoisotopic (exact) mass is 562 g/mol. The molecule has 10 nitrogen and oxygen atoms in total. The Hall–Kier alpha value is -3.01. The zero-order chi connectivity index (χ0) is 29.3. The van der Waals surface area contributed by atoms with Gasteiger partial charge in [-0.15, -0.1) is 0 Å². The smallest absolute Gasteiger partial charge is 0.410 e. The molecule has 3 rings (SSSR count). The Morgan fingerprint density at radius 1 is 0.925 bits per heavy atom. The predicted molar refractivity (Wildman–Crippen MR) is 149 cm³/mol. The molecule has 1 aromatic carbocycles. The molecule has 1 aliphatic heterocycles. The van der Waals surface area contributed by atoms with Crippen LogP contribution in [0.25, 0.3) is 0 Å². The molecule has 0 radical (unpaired) electrons. The van der Waals surface area contributed by atoms with E-state index >= 15 is 0 Å². The second-order valence-electron chi connectivity index (χ2n) is 11.8. The molecule has 0 spiro atoms. The third-order valence-corrected chi connectivity index (χ3v) is 6.89. The van der Waals surface area contributed by atoms with E-state index in [2.05, 4.69) is 5.32 Å². The van der Waals surface area contributed by atoms with Crippen LogP contribution in [0.4, 0.5) is 9.59 Å². The summed E-state index contributed by atoms with van der Waals surface area (Å²) in [6.07, 6.45) is 5.15. The molecule has 40 heavy (non-hydrogen) atoms. The van der Waals surface area contributed by atoms with Crippen LogP contribution in [0.1, 0.15) is 78.7 Å². The molecule has 1 aliphatic carbocycles. The van der Waals surface area contributed by atoms with Crippen molar-refractivity contribution in [3.63, 3.8) is 0 Å². The topological polar surface area (TPSA) is 113 Å². The highest BCUT2D eigenvalue weighted by Gasteiger charge is 2.30. The maximum absolute atomic E-state index is 12.2. The molecule has 2 aliphatic rings. The Morgan fingerprint density at radius 2 is 1.50 bits per heavy atom. The number of carbonyl (C=O) groups is 3. The quantitative estimate of drug-likeness (QED) is 0.330. The SMILES string of the molecule is COC(=O)[C@H](Cc1ccc(OC2CCC(OC3CCN(C(=O)OC(C)C)CC3)CC2)cc1)NC(=O)OC(C)(C)C. The van der Waals surface area contributed by atoms with Crippen LogP contribution in [0, 0.1) is 0 Å². The van der Waals surface area contributed by atoms with Gasteiger partial charge in [-0.3, -0.25) is 0 Å². The van der Waals surface area contributed by atoms with Crippen molar-refractivity contribution in [3.8, 4) is 5.75 Å². The van der Waals surface area contributed by atoms with Gasteiger partial charge < -0.3 is 33.9 Å². The molecule has 1 saturated heterocycles. The molecule has 1 heterocycles. The van der Waals surface area contributed by atoms with Gasteiger partial charge in [0, 0.05) is 19.5 Å². The zero-order valence-corrected chi connectivity index (χ0v) is 24.8. The van der Waals surface area contributed by atoms with E-state index in [1.54, 1.807) is 25.7 Å². The largest absolute Gasteiger partial charge is 0.490 e. The van der Waals surface area contributed by atoms with Crippen LogP contribution in [0.2, 0.25) is 0 Å². The molecule has 1 atom stereocenters. The summed E-state index contributed by atoms with van der Waals surface area (Å²) in [4.78, 5) is 38.3. The van der Waals surface area contributed by atoms with Crippen LogP contribution in [0.3, 0.4) is 0 Å². The Morgan fingerprint density at radius 3 is 2.05 bits per heavy atom. The van der Waals surface area contributed by atoms with Crippen LogP contribution in [-0.2, 0) is 30.2 Å². The van der Waals surface area contributed by atoms with E-state index in [0.29, 0.717) is 13.1 Å². The second kappa shape index (κ2) is 14.6. The minimum absolute atomic E-state index is 0.108. The normalized spacial score (nSPS) is 20.9. The zero-order valence-electron chi connectivity index (χ0n) is 24.8. The van der Waals surface area contributed by atoms with E-state index in [-0.39, 0.29) is 36.9 Å². The van der Waals surface area contributed by atoms with Gasteiger partial charge in [-0.2, -0.15) is 0 Å². The highest BCUT2D eigenvalue weighted by molar-refractivity contribution is 5.81. The van der Waals surface area contributed by atoms with Gasteiger partial charge in [0.25, 0.3) is 0 Å². The number of piperidine rings is 1. The van der Waals surface area contributed by atoms with Crippen LogP contribution in [-0.4, -0.2) is 79.3 Å². The molecule has 2 fully saturated rings. The van der Waals surface area contributed by atoms with Gasteiger partial charge in [-0.05, 0) is 90.8 Å². The minimum Gasteiger partial charge on any atom is -0.490 e. The number of methoxy groups -OCH3 is 1. The molecular formula is C30H46N2O8. The number of nitrogens with zero attached hydrogens (tertiary/aromatic N) is 1. The highest BCUT2D eigenvalue weighted by Crippen LogP contribution is 2.28. The average Bonchev–Trinajstić information content (AvgIpc) is 2.89. The van der Waals surface area contributed by atoms with Crippen molar-refractivity contribution in [2.45, 2.75) is 116 Å². The van der Waals surface area contributed by atoms with Crippen LogP contribution in [0.5, 0.6) is 5.75 Å². The van der Waals surface area contributed by atoms with Gasteiger partial charge >= 0.3 is 18.2 Å². The number of benzene rings is 1. The van der Waals surface area contributed by atoms with Crippen molar-refractivity contribution in [1.29, 1.82) is 0 Å². The van der Waals surface area contributed by atoms with Crippen molar-refractivity contribution in [2.75, 3.05) is 20.2 Å². The molecule has 1 saturated carbocycles. The summed E-state index contributed by atoms with van der Waals surface area (Å²) in [5.41, 5.74) is 0.191. The fraction of sp³-hybridized carbons (Fsp3) is 0.700. The fourth-order valence-electron chi connectivity index (χ4n) is 4.93. The maximum atomic E-state index is 12.2. The van der Waals surface area contributed by atoms with Gasteiger partial charge in [0.05, 0.1) is 31.5 Å². The van der Waals surface area contributed by atoms with Crippen LogP contribution >= 0.6 is 0 Å². The Labute approximate surface area is 238 Å². The van der Waals surface area contributed by atoms with Crippen molar-refractivity contribution < 1.29 is 38.1 Å². The number of ether oxygens (including phenoxy) is 5. The summed E-state index contributed by atoms with van der Waals surface area (Å²) in [5.74, 6) is 0.229. The first-order valence-electron chi connectivity index (χ1n) is 14.4. The van der Waals surface area contributed by atoms with Gasteiger partial charge in [0.1, 0.15) is 17.4 Å². The Kier molecular flexibility index (Phi) is 11.5. The second-order valence-corrected chi connectivity index (χ2v) is 11.8. The predicted octanol–water partition coefficient (Wildman–Crippen LogP) is 5.01. The number of esters is 1. The number of hydrogen-bond acceptors (Lipinski definition) is 8. The first-order valence-corrected chi connectivity index (χ1v) is 14.4. The number of hydrogen-bond donors (Lipinski definition) is 1. The standard InChI is InChI=1S/C30H46N2O8/c1-20(2)37-29(35)32-17-15-25(16-18-32)39-24-13-11-23(12-14-24)38-22-9-7-21(8-10-22)19-26(27(33)36-6)31-28(34)40-30(3,4)5/h7-10,20,23-26H,11-19H2,1-6H3,(H,31,34)/t23?,24?,26-/m0/s1. The lowest BCUT2D eigenvalue weighted by atomic mass is 9.94. The van der Waals surface area contributed by atoms with Gasteiger partial charge in [0.15, 0.2) is 0 Å². The van der Waals surface area contributed by atoms with Crippen LogP contribution in [0.15, 0.2) is 24.3 Å². The third-order valence-electron chi connectivity index (χ3n) is 6.89. The van der Waals surface area contributed by atoms with E-state index in [4.69, 9.17) is 23.7 Å². The molecule has 1 N–H and O–H groups in total. The van der Waals surface area contributed by atoms with E-state index < -0.39 is 23.7 Å². The van der Waals surface area contributed by atoms with E-state index in [9.17, 15) is 14.4 Å². The number of likely N-dealkylation sites (tertiary alicyclic amines) is 1. The van der Waals surface area contributed by atoms with Crippen molar-refractivity contribution in [2.24, 2.45) is 0 Å². The summed E-state index contributed by atoms with van der Waals surface area (Å²) >= 11 is 0. The van der Waals surface area contributed by atoms with Crippen molar-refractivity contribution >= 4 is 18.2 Å². The molecule has 0 unspecified atom stereocenters. The lowest BCUT2D eigenvalue weighted by Gasteiger charge is -2.36. The minimum atomic E-state index is -0.858. The highest BCUT2D eigenvalue weighted by atomic mass is 16.6. The summed E-state index contributed by atoms with van der Waals surface area (Å²) in [7, 11) is 1.29. The molecule has 1 aromatic rings. The molecule has 224 valence electrons. The van der Waals surface area contributed by atoms with E-state index in [1.807, 2.05) is 38.1 Å². The lowest BCUT2D eigenvalue weighted by molar-refractivity contribution is -0.143. The Bertz CT molecular complexity index is 959. The number of amides is 2. The number of nitrogens with one attached hydrogen (secondary N) is 1. The van der Waals surface area contributed by atoms with E-state index in [1.165, 1.54) is 7.11 Å². The van der Waals surface area contributed by atoms with Crippen molar-refractivity contribution in [1.82, 2.24) is 10.2 Å². The number of alkyl carbamates (subject to hydrolysis) is 1. The summed E-state index contributed by atoms with van der Waals surface area (Å²) in [6, 6.07) is 6.69. The molecule has 0 bridgehead atoms. The molecule has 10 heteroatoms. The van der Waals surface area contributed by atoms with Gasteiger partial charge in [-0.1, -0.05) is 12.1 Å². The van der Waals surface area contributed by atoms with E-state index in [0.717, 1.165) is 49.8 Å². The number of carbonyl (C=O) groups excluding carboxylic acids is 3. The summed E-state index contributed by atoms with van der Waals surface area (Å²) in [5, 5.41) is 2.60. The van der Waals surface area contributed by atoms with Gasteiger partial charge in [-0.25, -0.2) is 14.4 Å². The maximum Gasteiger partial charge on any atom is 0.410 e. The summed E-state index contributed by atoms with van der Waals surface area (Å²) in [6.45, 7) is 10.3. The van der Waals surface area contributed by atoms with Crippen molar-refractivity contribution in [3.05, 3.63) is 29.8 Å². The third kappa shape index (κ3) is 10.5. The van der Waals surface area contributed by atoms with Crippen LogP contribution < -0.4 is 10.1 Å². The molecular weight excluding hydrogens is 516 g/mol. The Balaban J connectivity index is 1.40. The molecule has 2 amide bonds. The fourth-order valence-corrected chi connectivity index (χ4v) is 4.93.